The van der Waals surface area contributed by atoms with E-state index >= 15 is 0 Å². The van der Waals surface area contributed by atoms with E-state index in [0.29, 0.717) is 16.8 Å². The molecule has 1 heterocycles. The predicted molar refractivity (Wildman–Crippen MR) is 82.4 cm³/mol. The fraction of sp³-hybridized carbons (Fsp3) is 0. The number of amides is 1. The van der Waals surface area contributed by atoms with E-state index in [9.17, 15) is 10.0 Å². The Morgan fingerprint density at radius 3 is 2.48 bits per heavy atom. The third-order valence-electron chi connectivity index (χ3n) is 3.08. The van der Waals surface area contributed by atoms with Crippen LogP contribution in [0.4, 0.5) is 0 Å². The Bertz CT molecular complexity index is 829. The molecule has 0 atom stereocenters. The maximum absolute atomic E-state index is 11.9. The molecule has 7 heteroatoms. The van der Waals surface area contributed by atoms with Crippen LogP contribution in [0.2, 0.25) is 0 Å². The quantitative estimate of drug-likeness (QED) is 0.451. The van der Waals surface area contributed by atoms with Gasteiger partial charge in [-0.05, 0) is 17.0 Å². The molecule has 0 aliphatic carbocycles. The number of hydrogen-bond acceptors (Lipinski definition) is 5. The molecule has 0 aliphatic rings. The fourth-order valence-corrected chi connectivity index (χ4v) is 1.97. The molecule has 0 saturated heterocycles. The lowest BCUT2D eigenvalue weighted by Crippen LogP contribution is -2.28. The molecular weight excluding hydrogens is 296 g/mol. The molecule has 0 aliphatic heterocycles. The number of carbonyl (C=O) groups excluding carboxylic acids is 1. The van der Waals surface area contributed by atoms with Crippen molar-refractivity contribution < 1.29 is 14.3 Å². The highest BCUT2D eigenvalue weighted by Crippen LogP contribution is 2.17. The van der Waals surface area contributed by atoms with Crippen LogP contribution in [0.15, 0.2) is 70.4 Å². The van der Waals surface area contributed by atoms with Gasteiger partial charge < -0.3 is 5.21 Å². The third-order valence-corrected chi connectivity index (χ3v) is 3.08. The van der Waals surface area contributed by atoms with Crippen molar-refractivity contribution in [2.45, 2.75) is 0 Å². The van der Waals surface area contributed by atoms with Crippen molar-refractivity contribution in [2.24, 2.45) is 5.10 Å². The fourth-order valence-electron chi connectivity index (χ4n) is 1.97. The number of nitrogens with one attached hydrogen (secondary N) is 1. The largest absolute Gasteiger partial charge is 0.359 e. The Kier molecular flexibility index (Phi) is 4.10. The molecule has 0 bridgehead atoms. The first-order valence-electron chi connectivity index (χ1n) is 6.79. The molecule has 3 aromatic rings. The standard InChI is InChI=1S/C16H12N4O3/c21-16(13-9-5-2-6-10-13)18-17-11-14-15(19-23-20(14)22)12-7-3-1-4-8-12/h1-11H,(H,18,21)/b17-11+. The lowest BCUT2D eigenvalue weighted by Gasteiger charge is -1.98. The molecule has 0 radical (unpaired) electrons. The summed E-state index contributed by atoms with van der Waals surface area (Å²) in [6, 6.07) is 17.7. The maximum Gasteiger partial charge on any atom is 0.271 e. The summed E-state index contributed by atoms with van der Waals surface area (Å²) in [5.41, 5.74) is 3.97. The van der Waals surface area contributed by atoms with E-state index in [0.717, 1.165) is 0 Å². The van der Waals surface area contributed by atoms with Crippen LogP contribution in [0, 0.1) is 5.21 Å². The van der Waals surface area contributed by atoms with Crippen molar-refractivity contribution in [2.75, 3.05) is 0 Å². The summed E-state index contributed by atoms with van der Waals surface area (Å²) < 4.78 is 4.60. The van der Waals surface area contributed by atoms with Crippen LogP contribution in [-0.2, 0) is 0 Å². The summed E-state index contributed by atoms with van der Waals surface area (Å²) in [4.78, 5) is 12.1. The number of rotatable bonds is 4. The molecule has 0 spiro atoms. The van der Waals surface area contributed by atoms with Crippen LogP contribution >= 0.6 is 0 Å². The highest BCUT2D eigenvalue weighted by Gasteiger charge is 2.19. The Morgan fingerprint density at radius 1 is 1.13 bits per heavy atom. The van der Waals surface area contributed by atoms with Crippen LogP contribution in [0.5, 0.6) is 0 Å². The molecule has 1 N–H and O–H groups in total. The SMILES string of the molecule is O=C(N/N=C/c1c(-c2ccccc2)no[n+]1[O-])c1ccccc1. The summed E-state index contributed by atoms with van der Waals surface area (Å²) in [6.07, 6.45) is 1.20. The molecule has 2 aromatic carbocycles. The summed E-state index contributed by atoms with van der Waals surface area (Å²) in [6.45, 7) is 0. The average molecular weight is 308 g/mol. The Labute approximate surface area is 131 Å². The van der Waals surface area contributed by atoms with Crippen LogP contribution in [0.25, 0.3) is 11.3 Å². The zero-order chi connectivity index (χ0) is 16.1. The highest BCUT2D eigenvalue weighted by atomic mass is 16.8. The number of aromatic nitrogens is 2. The molecule has 7 nitrogen and oxygen atoms in total. The molecular formula is C16H12N4O3. The van der Waals surface area contributed by atoms with Crippen molar-refractivity contribution in [3.8, 4) is 11.3 Å². The minimum atomic E-state index is -0.378. The molecule has 0 fully saturated rings. The van der Waals surface area contributed by atoms with Gasteiger partial charge in [-0.1, -0.05) is 48.5 Å². The second-order valence-corrected chi connectivity index (χ2v) is 4.60. The summed E-state index contributed by atoms with van der Waals surface area (Å²) in [5, 5.41) is 19.1. The Hall–Kier alpha value is -3.48. The van der Waals surface area contributed by atoms with E-state index < -0.39 is 0 Å². The summed E-state index contributed by atoms with van der Waals surface area (Å²) in [5.74, 6) is -0.378. The predicted octanol–water partition coefficient (Wildman–Crippen LogP) is 1.74. The molecule has 3 rings (SSSR count). The minimum Gasteiger partial charge on any atom is -0.359 e. The van der Waals surface area contributed by atoms with Crippen LogP contribution in [-0.4, -0.2) is 17.3 Å². The van der Waals surface area contributed by atoms with Gasteiger partial charge in [-0.3, -0.25) is 9.42 Å². The van der Waals surface area contributed by atoms with E-state index in [4.69, 9.17) is 0 Å². The lowest BCUT2D eigenvalue weighted by atomic mass is 10.1. The first-order chi connectivity index (χ1) is 11.3. The number of hydrogen-bond donors (Lipinski definition) is 1. The molecule has 114 valence electrons. The Balaban J connectivity index is 1.78. The molecule has 1 aromatic heterocycles. The monoisotopic (exact) mass is 308 g/mol. The first kappa shape index (κ1) is 14.5. The van der Waals surface area contributed by atoms with Crippen LogP contribution < -0.4 is 10.3 Å². The Morgan fingerprint density at radius 2 is 1.78 bits per heavy atom. The second-order valence-electron chi connectivity index (χ2n) is 4.60. The van der Waals surface area contributed by atoms with E-state index in [-0.39, 0.29) is 16.5 Å². The van der Waals surface area contributed by atoms with Gasteiger partial charge in [0.25, 0.3) is 11.6 Å². The topological polar surface area (TPSA) is 94.4 Å². The summed E-state index contributed by atoms with van der Waals surface area (Å²) in [7, 11) is 0. The smallest absolute Gasteiger partial charge is 0.271 e. The summed E-state index contributed by atoms with van der Waals surface area (Å²) >= 11 is 0. The molecule has 1 amide bonds. The van der Waals surface area contributed by atoms with E-state index in [1.807, 2.05) is 24.3 Å². The molecule has 0 saturated carbocycles. The van der Waals surface area contributed by atoms with E-state index in [1.165, 1.54) is 6.21 Å². The number of carbonyl (C=O) groups is 1. The van der Waals surface area contributed by atoms with Crippen molar-refractivity contribution in [1.82, 2.24) is 10.6 Å². The van der Waals surface area contributed by atoms with Gasteiger partial charge in [-0.15, -0.1) is 0 Å². The van der Waals surface area contributed by atoms with Gasteiger partial charge in [0.05, 0.1) is 0 Å². The van der Waals surface area contributed by atoms with Gasteiger partial charge in [-0.2, -0.15) is 5.10 Å². The first-order valence-corrected chi connectivity index (χ1v) is 6.79. The molecule has 0 unspecified atom stereocenters. The minimum absolute atomic E-state index is 0.101. The van der Waals surface area contributed by atoms with Gasteiger partial charge in [-0.25, -0.2) is 5.43 Å². The lowest BCUT2D eigenvalue weighted by molar-refractivity contribution is -0.803. The average Bonchev–Trinajstić information content (AvgIpc) is 2.97. The van der Waals surface area contributed by atoms with Crippen molar-refractivity contribution in [1.29, 1.82) is 0 Å². The molecule has 23 heavy (non-hydrogen) atoms. The van der Waals surface area contributed by atoms with Crippen LogP contribution in [0.1, 0.15) is 16.1 Å². The van der Waals surface area contributed by atoms with E-state index in [1.54, 1.807) is 36.4 Å². The van der Waals surface area contributed by atoms with Gasteiger partial charge in [0, 0.05) is 16.3 Å². The van der Waals surface area contributed by atoms with Crippen molar-refractivity contribution >= 4 is 12.1 Å². The zero-order valence-corrected chi connectivity index (χ0v) is 11.9. The number of benzene rings is 2. The van der Waals surface area contributed by atoms with Gasteiger partial charge in [0.1, 0.15) is 6.21 Å². The van der Waals surface area contributed by atoms with Crippen molar-refractivity contribution in [3.05, 3.63) is 77.1 Å². The van der Waals surface area contributed by atoms with Crippen LogP contribution in [0.3, 0.4) is 0 Å². The van der Waals surface area contributed by atoms with Gasteiger partial charge in [0.2, 0.25) is 5.69 Å². The zero-order valence-electron chi connectivity index (χ0n) is 11.9. The van der Waals surface area contributed by atoms with Gasteiger partial charge >= 0.3 is 0 Å². The van der Waals surface area contributed by atoms with Gasteiger partial charge in [0.15, 0.2) is 0 Å². The number of hydrazone groups is 1. The number of nitrogens with zero attached hydrogens (tertiary/aromatic N) is 3. The maximum atomic E-state index is 11.9. The normalized spacial score (nSPS) is 10.8. The highest BCUT2D eigenvalue weighted by molar-refractivity contribution is 5.95. The van der Waals surface area contributed by atoms with E-state index in [2.05, 4.69) is 20.3 Å². The van der Waals surface area contributed by atoms with Crippen molar-refractivity contribution in [3.63, 3.8) is 0 Å². The third kappa shape index (κ3) is 3.24. The second kappa shape index (κ2) is 6.52.